The molecule has 0 amide bonds. The van der Waals surface area contributed by atoms with E-state index in [1.807, 2.05) is 18.3 Å². The molecule has 0 spiro atoms. The lowest BCUT2D eigenvalue weighted by molar-refractivity contribution is 1.20. The number of fused-ring (bicyclic) bond motifs is 3. The Morgan fingerprint density at radius 2 is 1.61 bits per heavy atom. The van der Waals surface area contributed by atoms with E-state index in [1.165, 1.54) is 5.39 Å². The SMILES string of the molecule is c1cnc2ncc(-c3cc4ccc(-c5cc6ccccc6[nH]5)cn4c3)cc2c1. The Balaban J connectivity index is 1.45. The Hall–Kier alpha value is -3.92. The van der Waals surface area contributed by atoms with Gasteiger partial charge in [0.25, 0.3) is 0 Å². The van der Waals surface area contributed by atoms with E-state index in [1.54, 1.807) is 6.20 Å². The first-order chi connectivity index (χ1) is 13.8. The fourth-order valence-electron chi connectivity index (χ4n) is 3.78. The van der Waals surface area contributed by atoms with E-state index in [-0.39, 0.29) is 0 Å². The monoisotopic (exact) mass is 360 g/mol. The summed E-state index contributed by atoms with van der Waals surface area (Å²) >= 11 is 0. The molecule has 0 saturated heterocycles. The van der Waals surface area contributed by atoms with Crippen molar-refractivity contribution >= 4 is 27.5 Å². The molecule has 1 aromatic carbocycles. The number of hydrogen-bond acceptors (Lipinski definition) is 2. The molecule has 4 heteroatoms. The van der Waals surface area contributed by atoms with Crippen LogP contribution in [0.1, 0.15) is 0 Å². The first-order valence-electron chi connectivity index (χ1n) is 9.25. The molecule has 1 N–H and O–H groups in total. The minimum Gasteiger partial charge on any atom is -0.354 e. The van der Waals surface area contributed by atoms with Crippen molar-refractivity contribution < 1.29 is 0 Å². The van der Waals surface area contributed by atoms with Gasteiger partial charge in [-0.25, -0.2) is 9.97 Å². The zero-order chi connectivity index (χ0) is 18.5. The first-order valence-corrected chi connectivity index (χ1v) is 9.25. The minimum absolute atomic E-state index is 0.774. The summed E-state index contributed by atoms with van der Waals surface area (Å²) in [6.45, 7) is 0. The smallest absolute Gasteiger partial charge is 0.159 e. The number of hydrogen-bond donors (Lipinski definition) is 1. The molecule has 0 unspecified atom stereocenters. The van der Waals surface area contributed by atoms with Gasteiger partial charge in [-0.3, -0.25) is 0 Å². The number of para-hydroxylation sites is 1. The third-order valence-electron chi connectivity index (χ3n) is 5.22. The normalized spacial score (nSPS) is 11.6. The second-order valence-electron chi connectivity index (χ2n) is 7.02. The fourth-order valence-corrected chi connectivity index (χ4v) is 3.78. The van der Waals surface area contributed by atoms with Gasteiger partial charge in [0.1, 0.15) is 0 Å². The van der Waals surface area contributed by atoms with Gasteiger partial charge in [0.15, 0.2) is 5.65 Å². The third kappa shape index (κ3) is 2.39. The highest BCUT2D eigenvalue weighted by Gasteiger charge is 2.08. The van der Waals surface area contributed by atoms with Gasteiger partial charge >= 0.3 is 0 Å². The molecule has 0 bridgehead atoms. The molecule has 5 heterocycles. The van der Waals surface area contributed by atoms with Crippen molar-refractivity contribution in [2.24, 2.45) is 0 Å². The second-order valence-corrected chi connectivity index (χ2v) is 7.02. The fraction of sp³-hybridized carbons (Fsp3) is 0. The summed E-state index contributed by atoms with van der Waals surface area (Å²) in [5.74, 6) is 0. The van der Waals surface area contributed by atoms with Crippen molar-refractivity contribution in [3.63, 3.8) is 0 Å². The van der Waals surface area contributed by atoms with E-state index in [2.05, 4.69) is 86.3 Å². The van der Waals surface area contributed by atoms with Crippen LogP contribution in [-0.2, 0) is 0 Å². The maximum atomic E-state index is 4.49. The first kappa shape index (κ1) is 15.2. The number of benzene rings is 1. The summed E-state index contributed by atoms with van der Waals surface area (Å²) in [4.78, 5) is 12.3. The standard InChI is InChI=1S/C24H16N4/c1-2-6-22-16(4-1)12-23(27-22)18-7-8-21-11-20(15-28(21)14-18)19-10-17-5-3-9-25-24(17)26-13-19/h1-15,27H. The number of nitrogens with one attached hydrogen (secondary N) is 1. The molecular weight excluding hydrogens is 344 g/mol. The summed E-state index contributed by atoms with van der Waals surface area (Å²) < 4.78 is 2.17. The van der Waals surface area contributed by atoms with Crippen LogP contribution >= 0.6 is 0 Å². The molecule has 0 fully saturated rings. The van der Waals surface area contributed by atoms with Crippen LogP contribution in [0.2, 0.25) is 0 Å². The zero-order valence-corrected chi connectivity index (χ0v) is 15.0. The van der Waals surface area contributed by atoms with Crippen molar-refractivity contribution in [2.45, 2.75) is 0 Å². The van der Waals surface area contributed by atoms with Crippen molar-refractivity contribution in [3.8, 4) is 22.4 Å². The molecule has 0 atom stereocenters. The average Bonchev–Trinajstić information content (AvgIpc) is 3.37. The highest BCUT2D eigenvalue weighted by Crippen LogP contribution is 2.28. The minimum atomic E-state index is 0.774. The molecule has 0 aliphatic carbocycles. The van der Waals surface area contributed by atoms with Crippen molar-refractivity contribution in [1.29, 1.82) is 0 Å². The molecule has 4 nitrogen and oxygen atoms in total. The van der Waals surface area contributed by atoms with Crippen LogP contribution in [0.3, 0.4) is 0 Å². The van der Waals surface area contributed by atoms with E-state index in [0.717, 1.165) is 44.5 Å². The number of H-pyrrole nitrogens is 1. The molecule has 6 aromatic rings. The van der Waals surface area contributed by atoms with Crippen LogP contribution in [0, 0.1) is 0 Å². The number of nitrogens with zero attached hydrogens (tertiary/aromatic N) is 3. The predicted molar refractivity (Wildman–Crippen MR) is 113 cm³/mol. The highest BCUT2D eigenvalue weighted by molar-refractivity contribution is 5.86. The molecular formula is C24H16N4. The average molecular weight is 360 g/mol. The Bertz CT molecular complexity index is 1440. The largest absolute Gasteiger partial charge is 0.354 e. The van der Waals surface area contributed by atoms with Gasteiger partial charge in [-0.2, -0.15) is 0 Å². The van der Waals surface area contributed by atoms with E-state index in [0.29, 0.717) is 0 Å². The van der Waals surface area contributed by atoms with Gasteiger partial charge in [0.2, 0.25) is 0 Å². The van der Waals surface area contributed by atoms with E-state index in [4.69, 9.17) is 0 Å². The summed E-state index contributed by atoms with van der Waals surface area (Å²) in [5, 5.41) is 2.27. The molecule has 28 heavy (non-hydrogen) atoms. The maximum absolute atomic E-state index is 4.49. The van der Waals surface area contributed by atoms with Gasteiger partial charge in [-0.05, 0) is 48.5 Å². The highest BCUT2D eigenvalue weighted by atomic mass is 14.9. The molecule has 0 radical (unpaired) electrons. The third-order valence-corrected chi connectivity index (χ3v) is 5.22. The maximum Gasteiger partial charge on any atom is 0.159 e. The van der Waals surface area contributed by atoms with Crippen molar-refractivity contribution in [1.82, 2.24) is 19.4 Å². The lowest BCUT2D eigenvalue weighted by Gasteiger charge is -2.00. The Kier molecular flexibility index (Phi) is 3.14. The summed E-state index contributed by atoms with van der Waals surface area (Å²) in [7, 11) is 0. The van der Waals surface area contributed by atoms with Crippen LogP contribution in [0.4, 0.5) is 0 Å². The van der Waals surface area contributed by atoms with Crippen molar-refractivity contribution in [3.05, 3.63) is 91.5 Å². The Morgan fingerprint density at radius 3 is 2.57 bits per heavy atom. The molecule has 0 aliphatic heterocycles. The molecule has 5 aromatic heterocycles. The van der Waals surface area contributed by atoms with Crippen LogP contribution in [0.15, 0.2) is 91.5 Å². The van der Waals surface area contributed by atoms with E-state index in [9.17, 15) is 0 Å². The zero-order valence-electron chi connectivity index (χ0n) is 15.0. The summed E-state index contributed by atoms with van der Waals surface area (Å²) in [5.41, 5.74) is 7.60. The van der Waals surface area contributed by atoms with Crippen LogP contribution in [0.5, 0.6) is 0 Å². The van der Waals surface area contributed by atoms with Gasteiger partial charge < -0.3 is 9.38 Å². The lowest BCUT2D eigenvalue weighted by Crippen LogP contribution is -1.85. The number of aromatic nitrogens is 4. The number of aromatic amines is 1. The lowest BCUT2D eigenvalue weighted by atomic mass is 10.1. The molecule has 0 aliphatic rings. The number of pyridine rings is 3. The topological polar surface area (TPSA) is 46.0 Å². The van der Waals surface area contributed by atoms with Crippen LogP contribution < -0.4 is 0 Å². The van der Waals surface area contributed by atoms with Crippen molar-refractivity contribution in [2.75, 3.05) is 0 Å². The van der Waals surface area contributed by atoms with Gasteiger partial charge in [0, 0.05) is 69.0 Å². The Labute approximate surface area is 161 Å². The van der Waals surface area contributed by atoms with Gasteiger partial charge in [-0.1, -0.05) is 18.2 Å². The van der Waals surface area contributed by atoms with Crippen LogP contribution in [-0.4, -0.2) is 19.4 Å². The predicted octanol–water partition coefficient (Wildman–Crippen LogP) is 5.70. The van der Waals surface area contributed by atoms with Gasteiger partial charge in [-0.15, -0.1) is 0 Å². The van der Waals surface area contributed by atoms with Gasteiger partial charge in [0.05, 0.1) is 0 Å². The van der Waals surface area contributed by atoms with E-state index >= 15 is 0 Å². The van der Waals surface area contributed by atoms with E-state index < -0.39 is 0 Å². The summed E-state index contributed by atoms with van der Waals surface area (Å²) in [6.07, 6.45) is 7.98. The number of rotatable bonds is 2. The molecule has 0 saturated carbocycles. The quantitative estimate of drug-likeness (QED) is 0.431. The Morgan fingerprint density at radius 1 is 0.714 bits per heavy atom. The second kappa shape index (κ2) is 5.79. The molecule has 132 valence electrons. The van der Waals surface area contributed by atoms with Crippen LogP contribution in [0.25, 0.3) is 49.8 Å². The summed E-state index contributed by atoms with van der Waals surface area (Å²) in [6, 6.07) is 23.2. The molecule has 6 rings (SSSR count).